The monoisotopic (exact) mass is 430 g/mol. The Labute approximate surface area is 173 Å². The average molecular weight is 431 g/mol. The zero-order valence-electron chi connectivity index (χ0n) is 17.4. The lowest BCUT2D eigenvalue weighted by Gasteiger charge is -2.37. The van der Waals surface area contributed by atoms with Gasteiger partial charge in [0.1, 0.15) is 6.61 Å². The predicted molar refractivity (Wildman–Crippen MR) is 112 cm³/mol. The highest BCUT2D eigenvalue weighted by Gasteiger charge is 2.32. The molecule has 2 aliphatic rings. The Hall–Kier alpha value is -1.04. The van der Waals surface area contributed by atoms with Gasteiger partial charge in [0.05, 0.1) is 0 Å². The van der Waals surface area contributed by atoms with Crippen LogP contribution >= 0.6 is 0 Å². The van der Waals surface area contributed by atoms with E-state index in [1.807, 2.05) is 0 Å². The summed E-state index contributed by atoms with van der Waals surface area (Å²) >= 11 is 0. The number of hydrogen-bond donors (Lipinski definition) is 0. The van der Waals surface area contributed by atoms with E-state index in [2.05, 4.69) is 11.7 Å². The summed E-state index contributed by atoms with van der Waals surface area (Å²) in [4.78, 5) is 0. The largest absolute Gasteiger partial charge is 0.482 e. The Morgan fingerprint density at radius 3 is 2.10 bits per heavy atom. The van der Waals surface area contributed by atoms with Crippen LogP contribution in [0.2, 0.25) is 18.1 Å². The second kappa shape index (κ2) is 10.8. The zero-order valence-corrected chi connectivity index (χ0v) is 18.6. The third-order valence-electron chi connectivity index (χ3n) is 7.14. The van der Waals surface area contributed by atoms with Crippen molar-refractivity contribution in [3.8, 4) is 5.75 Å². The summed E-state index contributed by atoms with van der Waals surface area (Å²) in [5, 5.41) is 0. The van der Waals surface area contributed by atoms with Crippen molar-refractivity contribution in [2.24, 2.45) is 11.8 Å². The molecule has 0 spiro atoms. The number of rotatable bonds is 8. The van der Waals surface area contributed by atoms with Crippen molar-refractivity contribution in [3.63, 3.8) is 0 Å². The summed E-state index contributed by atoms with van der Waals surface area (Å²) in [6.07, 6.45) is 6.93. The maximum absolute atomic E-state index is 14.2. The smallest absolute Gasteiger partial charge is 0.272 e. The molecule has 1 aromatic rings. The van der Waals surface area contributed by atoms with Crippen LogP contribution in [-0.4, -0.2) is 21.8 Å². The van der Waals surface area contributed by atoms with Gasteiger partial charge in [-0.3, -0.25) is 0 Å². The first-order valence-electron chi connectivity index (χ1n) is 11.4. The number of ether oxygens (including phenoxy) is 1. The number of hydrogen-bond acceptors (Lipinski definition) is 1. The molecule has 0 unspecified atom stereocenters. The summed E-state index contributed by atoms with van der Waals surface area (Å²) in [6.45, 7) is 1.28. The SMILES string of the molecule is CCCC[Si@H]1CC[C@H](C2CCC(c3cc(F)c(OCC(F)F)c(F)c3)CC2)CC1. The van der Waals surface area contributed by atoms with Crippen LogP contribution < -0.4 is 4.74 Å². The van der Waals surface area contributed by atoms with Crippen LogP contribution in [0, 0.1) is 23.5 Å². The molecule has 164 valence electrons. The molecule has 0 atom stereocenters. The van der Waals surface area contributed by atoms with Crippen molar-refractivity contribution in [3.05, 3.63) is 29.3 Å². The van der Waals surface area contributed by atoms with E-state index in [0.29, 0.717) is 5.56 Å². The van der Waals surface area contributed by atoms with Gasteiger partial charge in [-0.1, -0.05) is 50.7 Å². The summed E-state index contributed by atoms with van der Waals surface area (Å²) in [7, 11) is -0.469. The molecule has 1 aliphatic heterocycles. The van der Waals surface area contributed by atoms with E-state index in [-0.39, 0.29) is 5.92 Å². The molecule has 29 heavy (non-hydrogen) atoms. The van der Waals surface area contributed by atoms with Crippen LogP contribution in [0.5, 0.6) is 5.75 Å². The third-order valence-corrected chi connectivity index (χ3v) is 10.7. The molecular formula is C23H34F4OSi. The van der Waals surface area contributed by atoms with Gasteiger partial charge in [0.15, 0.2) is 17.4 Å². The first-order valence-corrected chi connectivity index (χ1v) is 13.8. The van der Waals surface area contributed by atoms with Crippen molar-refractivity contribution in [2.75, 3.05) is 6.61 Å². The molecule has 0 radical (unpaired) electrons. The maximum atomic E-state index is 14.2. The van der Waals surface area contributed by atoms with E-state index in [4.69, 9.17) is 0 Å². The molecule has 1 aromatic carbocycles. The van der Waals surface area contributed by atoms with Crippen LogP contribution in [0.3, 0.4) is 0 Å². The van der Waals surface area contributed by atoms with Gasteiger partial charge in [-0.25, -0.2) is 17.6 Å². The average Bonchev–Trinajstić information content (AvgIpc) is 2.72. The van der Waals surface area contributed by atoms with Crippen LogP contribution in [0.15, 0.2) is 12.1 Å². The van der Waals surface area contributed by atoms with Gasteiger partial charge in [0.25, 0.3) is 6.43 Å². The van der Waals surface area contributed by atoms with Crippen molar-refractivity contribution in [1.29, 1.82) is 0 Å². The standard InChI is InChI=1S/C23H34F4OSi/c1-2-3-10-29-11-8-18(9-12-29)16-4-6-17(7-5-16)19-13-20(24)23(21(25)14-19)28-15-22(26)27/h13-14,16-18,22,29H,2-12,15H2,1H3/t16?,17?,18-,29-. The lowest BCUT2D eigenvalue weighted by atomic mass is 9.72. The molecule has 1 saturated carbocycles. The molecule has 0 N–H and O–H groups in total. The lowest BCUT2D eigenvalue weighted by Crippen LogP contribution is -2.28. The molecule has 0 bridgehead atoms. The van der Waals surface area contributed by atoms with E-state index in [1.165, 1.54) is 55.9 Å². The fraction of sp³-hybridized carbons (Fsp3) is 0.739. The highest BCUT2D eigenvalue weighted by Crippen LogP contribution is 2.44. The summed E-state index contributed by atoms with van der Waals surface area (Å²) in [6, 6.07) is 7.07. The minimum Gasteiger partial charge on any atom is -0.482 e. The highest BCUT2D eigenvalue weighted by molar-refractivity contribution is 6.58. The Morgan fingerprint density at radius 1 is 0.966 bits per heavy atom. The highest BCUT2D eigenvalue weighted by atomic mass is 28.3. The summed E-state index contributed by atoms with van der Waals surface area (Å²) in [5.74, 6) is -0.687. The van der Waals surface area contributed by atoms with E-state index in [0.717, 1.165) is 37.5 Å². The van der Waals surface area contributed by atoms with Gasteiger partial charge >= 0.3 is 0 Å². The third kappa shape index (κ3) is 6.22. The van der Waals surface area contributed by atoms with E-state index in [1.54, 1.807) is 0 Å². The van der Waals surface area contributed by atoms with Crippen molar-refractivity contribution >= 4 is 8.80 Å². The molecule has 1 heterocycles. The maximum Gasteiger partial charge on any atom is 0.272 e. The molecule has 1 nitrogen and oxygen atoms in total. The van der Waals surface area contributed by atoms with Crippen LogP contribution in [0.4, 0.5) is 17.6 Å². The zero-order chi connectivity index (χ0) is 20.8. The Kier molecular flexibility index (Phi) is 8.45. The normalized spacial score (nSPS) is 27.9. The molecule has 0 aromatic heterocycles. The first-order chi connectivity index (χ1) is 14.0. The van der Waals surface area contributed by atoms with Gasteiger partial charge in [-0.05, 0) is 61.1 Å². The number of unbranched alkanes of at least 4 members (excludes halogenated alkanes) is 1. The topological polar surface area (TPSA) is 9.23 Å². The summed E-state index contributed by atoms with van der Waals surface area (Å²) < 4.78 is 57.5. The molecule has 0 amide bonds. The van der Waals surface area contributed by atoms with Gasteiger partial charge in [-0.15, -0.1) is 0 Å². The number of alkyl halides is 2. The molecule has 1 saturated heterocycles. The minimum absolute atomic E-state index is 0.148. The van der Waals surface area contributed by atoms with Crippen molar-refractivity contribution < 1.29 is 22.3 Å². The molecule has 1 aliphatic carbocycles. The van der Waals surface area contributed by atoms with Gasteiger partial charge in [0, 0.05) is 8.80 Å². The van der Waals surface area contributed by atoms with Crippen molar-refractivity contribution in [2.45, 2.75) is 88.8 Å². The van der Waals surface area contributed by atoms with E-state index >= 15 is 0 Å². The number of benzene rings is 1. The molecule has 3 rings (SSSR count). The second-order valence-corrected chi connectivity index (χ2v) is 12.5. The Bertz CT molecular complexity index is 615. The fourth-order valence-corrected chi connectivity index (χ4v) is 9.12. The predicted octanol–water partition coefficient (Wildman–Crippen LogP) is 7.32. The minimum atomic E-state index is -2.76. The molecular weight excluding hydrogens is 396 g/mol. The van der Waals surface area contributed by atoms with Gasteiger partial charge < -0.3 is 4.74 Å². The number of halogens is 4. The first kappa shape index (κ1) is 22.6. The second-order valence-electron chi connectivity index (χ2n) is 9.05. The van der Waals surface area contributed by atoms with Crippen LogP contribution in [0.1, 0.15) is 69.8 Å². The van der Waals surface area contributed by atoms with E-state index in [9.17, 15) is 17.6 Å². The molecule has 6 heteroatoms. The van der Waals surface area contributed by atoms with Gasteiger partial charge in [0.2, 0.25) is 0 Å². The van der Waals surface area contributed by atoms with E-state index < -0.39 is 39.2 Å². The van der Waals surface area contributed by atoms with Crippen LogP contribution in [-0.2, 0) is 0 Å². The summed E-state index contributed by atoms with van der Waals surface area (Å²) in [5.41, 5.74) is 0.638. The van der Waals surface area contributed by atoms with Crippen molar-refractivity contribution in [1.82, 2.24) is 0 Å². The lowest BCUT2D eigenvalue weighted by molar-refractivity contribution is 0.0777. The van der Waals surface area contributed by atoms with Crippen LogP contribution in [0.25, 0.3) is 0 Å². The Morgan fingerprint density at radius 2 is 1.55 bits per heavy atom. The quantitative estimate of drug-likeness (QED) is 0.310. The fourth-order valence-electron chi connectivity index (χ4n) is 5.46. The molecule has 2 fully saturated rings. The van der Waals surface area contributed by atoms with Gasteiger partial charge in [-0.2, -0.15) is 0 Å². The Balaban J connectivity index is 1.51.